The van der Waals surface area contributed by atoms with Gasteiger partial charge in [0.2, 0.25) is 0 Å². The highest BCUT2D eigenvalue weighted by molar-refractivity contribution is 6.68. The summed E-state index contributed by atoms with van der Waals surface area (Å²) in [5.41, 5.74) is 0.234. The van der Waals surface area contributed by atoms with Gasteiger partial charge in [0.15, 0.2) is 5.75 Å². The lowest BCUT2D eigenvalue weighted by atomic mass is 10.2. The van der Waals surface area contributed by atoms with Gasteiger partial charge in [0.05, 0.1) is 10.0 Å². The lowest BCUT2D eigenvalue weighted by Crippen LogP contribution is -1.97. The Bertz CT molecular complexity index is 379. The Balaban J connectivity index is 3.09. The number of benzene rings is 1. The number of halogens is 3. The topological polar surface area (TPSA) is 26.3 Å². The van der Waals surface area contributed by atoms with Crippen molar-refractivity contribution in [2.75, 3.05) is 6.61 Å². The van der Waals surface area contributed by atoms with Crippen molar-refractivity contribution in [1.29, 1.82) is 0 Å². The van der Waals surface area contributed by atoms with Gasteiger partial charge in [-0.25, -0.2) is 0 Å². The van der Waals surface area contributed by atoms with Crippen LogP contribution in [0, 0.1) is 0 Å². The Morgan fingerprint density at radius 3 is 2.33 bits per heavy atom. The highest BCUT2D eigenvalue weighted by Gasteiger charge is 2.12. The van der Waals surface area contributed by atoms with Crippen molar-refractivity contribution in [1.82, 2.24) is 0 Å². The van der Waals surface area contributed by atoms with Crippen LogP contribution in [0.5, 0.6) is 5.75 Å². The van der Waals surface area contributed by atoms with Crippen LogP contribution in [0.25, 0.3) is 0 Å². The number of hydrogen-bond acceptors (Lipinski definition) is 2. The summed E-state index contributed by atoms with van der Waals surface area (Å²) in [5.74, 6) is 0.319. The highest BCUT2D eigenvalue weighted by atomic mass is 35.5. The van der Waals surface area contributed by atoms with Crippen molar-refractivity contribution in [3.8, 4) is 5.75 Å². The Morgan fingerprint density at radius 1 is 1.40 bits per heavy atom. The maximum atomic E-state index is 10.9. The largest absolute Gasteiger partial charge is 0.486 e. The maximum Gasteiger partial charge on any atom is 0.252 e. The second-order valence-corrected chi connectivity index (χ2v) is 3.80. The molecule has 0 heterocycles. The first-order valence-electron chi connectivity index (χ1n) is 3.99. The molecule has 1 aromatic carbocycles. The molecule has 15 heavy (non-hydrogen) atoms. The van der Waals surface area contributed by atoms with Gasteiger partial charge >= 0.3 is 0 Å². The summed E-state index contributed by atoms with van der Waals surface area (Å²) >= 11 is 17.0. The minimum atomic E-state index is -0.617. The summed E-state index contributed by atoms with van der Waals surface area (Å²) in [6.07, 6.45) is 1.56. The number of carbonyl (C=O) groups is 1. The Morgan fingerprint density at radius 2 is 1.93 bits per heavy atom. The molecule has 0 N–H and O–H groups in total. The van der Waals surface area contributed by atoms with Crippen molar-refractivity contribution in [2.24, 2.45) is 0 Å². The van der Waals surface area contributed by atoms with Gasteiger partial charge in [-0.3, -0.25) is 4.79 Å². The molecule has 0 aliphatic carbocycles. The predicted molar refractivity (Wildman–Crippen MR) is 62.3 cm³/mol. The fraction of sp³-hybridized carbons (Fsp3) is 0.100. The molecule has 0 aromatic heterocycles. The zero-order valence-corrected chi connectivity index (χ0v) is 9.86. The molecule has 0 aliphatic rings. The molecule has 0 aliphatic heterocycles. The second-order valence-electron chi connectivity index (χ2n) is 2.64. The average Bonchev–Trinajstić information content (AvgIpc) is 2.16. The first-order valence-corrected chi connectivity index (χ1v) is 5.12. The van der Waals surface area contributed by atoms with Crippen LogP contribution < -0.4 is 4.74 Å². The lowest BCUT2D eigenvalue weighted by molar-refractivity contribution is 0.108. The van der Waals surface area contributed by atoms with E-state index in [0.29, 0.717) is 5.75 Å². The minimum absolute atomic E-state index is 0.234. The van der Waals surface area contributed by atoms with E-state index in [4.69, 9.17) is 39.5 Å². The van der Waals surface area contributed by atoms with Crippen molar-refractivity contribution in [2.45, 2.75) is 0 Å². The molecule has 0 saturated carbocycles. The zero-order chi connectivity index (χ0) is 11.4. The molecule has 5 heteroatoms. The van der Waals surface area contributed by atoms with E-state index in [1.54, 1.807) is 6.08 Å². The van der Waals surface area contributed by atoms with Crippen LogP contribution in [0.1, 0.15) is 10.4 Å². The third kappa shape index (κ3) is 3.13. The average molecular weight is 266 g/mol. The summed E-state index contributed by atoms with van der Waals surface area (Å²) in [7, 11) is 0. The molecule has 0 radical (unpaired) electrons. The summed E-state index contributed by atoms with van der Waals surface area (Å²) in [6.45, 7) is 3.78. The van der Waals surface area contributed by atoms with Crippen LogP contribution in [0.3, 0.4) is 0 Å². The number of carbonyl (C=O) groups excluding carboxylic acids is 1. The molecule has 0 bridgehead atoms. The molecular formula is C10H7Cl3O2. The van der Waals surface area contributed by atoms with E-state index < -0.39 is 5.24 Å². The Kier molecular flexibility index (Phi) is 4.45. The van der Waals surface area contributed by atoms with Gasteiger partial charge in [0.1, 0.15) is 6.61 Å². The van der Waals surface area contributed by atoms with Gasteiger partial charge in [0.25, 0.3) is 5.24 Å². The highest BCUT2D eigenvalue weighted by Crippen LogP contribution is 2.34. The third-order valence-electron chi connectivity index (χ3n) is 1.57. The van der Waals surface area contributed by atoms with Crippen molar-refractivity contribution < 1.29 is 9.53 Å². The number of ether oxygens (including phenoxy) is 1. The molecule has 1 rings (SSSR count). The van der Waals surface area contributed by atoms with E-state index in [1.807, 2.05) is 0 Å². The van der Waals surface area contributed by atoms with Gasteiger partial charge in [-0.1, -0.05) is 35.9 Å². The maximum absolute atomic E-state index is 10.9. The first-order chi connectivity index (χ1) is 7.06. The zero-order valence-electron chi connectivity index (χ0n) is 7.60. The summed E-state index contributed by atoms with van der Waals surface area (Å²) in [5, 5.41) is -0.129. The fourth-order valence-electron chi connectivity index (χ4n) is 0.954. The van der Waals surface area contributed by atoms with Crippen LogP contribution in [0.4, 0.5) is 0 Å². The van der Waals surface area contributed by atoms with Crippen LogP contribution >= 0.6 is 34.8 Å². The molecule has 80 valence electrons. The van der Waals surface area contributed by atoms with E-state index in [-0.39, 0.29) is 22.2 Å². The fourth-order valence-corrected chi connectivity index (χ4v) is 1.66. The van der Waals surface area contributed by atoms with Crippen molar-refractivity contribution in [3.05, 3.63) is 40.4 Å². The molecule has 0 amide bonds. The van der Waals surface area contributed by atoms with Gasteiger partial charge in [-0.2, -0.15) is 0 Å². The van der Waals surface area contributed by atoms with Crippen LogP contribution in [-0.4, -0.2) is 11.8 Å². The molecular weight excluding hydrogens is 258 g/mol. The molecule has 0 fully saturated rings. The van der Waals surface area contributed by atoms with Crippen molar-refractivity contribution >= 4 is 40.0 Å². The quantitative estimate of drug-likeness (QED) is 0.609. The first kappa shape index (κ1) is 12.4. The van der Waals surface area contributed by atoms with Crippen LogP contribution in [0.2, 0.25) is 10.0 Å². The number of hydrogen-bond donors (Lipinski definition) is 0. The predicted octanol–water partition coefficient (Wildman–Crippen LogP) is 3.94. The summed E-state index contributed by atoms with van der Waals surface area (Å²) in [6, 6.07) is 2.81. The van der Waals surface area contributed by atoms with E-state index in [0.717, 1.165) is 0 Å². The Hall–Kier alpha value is -0.700. The van der Waals surface area contributed by atoms with Gasteiger partial charge in [-0.15, -0.1) is 0 Å². The lowest BCUT2D eigenvalue weighted by Gasteiger charge is -2.08. The van der Waals surface area contributed by atoms with Crippen molar-refractivity contribution in [3.63, 3.8) is 0 Å². The van der Waals surface area contributed by atoms with E-state index in [1.165, 1.54) is 12.1 Å². The van der Waals surface area contributed by atoms with Gasteiger partial charge < -0.3 is 4.74 Å². The number of rotatable bonds is 4. The SMILES string of the molecule is C=CCOc1c(Cl)cc(C(=O)Cl)cc1Cl. The van der Waals surface area contributed by atoms with Gasteiger partial charge in [-0.05, 0) is 23.7 Å². The monoisotopic (exact) mass is 264 g/mol. The Labute approximate surface area is 102 Å². The van der Waals surface area contributed by atoms with E-state index >= 15 is 0 Å². The molecule has 0 atom stereocenters. The van der Waals surface area contributed by atoms with Crippen LogP contribution in [0.15, 0.2) is 24.8 Å². The molecule has 2 nitrogen and oxygen atoms in total. The molecule has 1 aromatic rings. The normalized spacial score (nSPS) is 9.80. The molecule has 0 saturated heterocycles. The second kappa shape index (κ2) is 5.40. The minimum Gasteiger partial charge on any atom is -0.486 e. The van der Waals surface area contributed by atoms with E-state index in [2.05, 4.69) is 6.58 Å². The van der Waals surface area contributed by atoms with E-state index in [9.17, 15) is 4.79 Å². The molecule has 0 unspecified atom stereocenters. The standard InChI is InChI=1S/C10H7Cl3O2/c1-2-3-15-9-7(11)4-6(10(13)14)5-8(9)12/h2,4-5H,1,3H2. The van der Waals surface area contributed by atoms with Gasteiger partial charge in [0, 0.05) is 5.56 Å². The molecule has 0 spiro atoms. The summed E-state index contributed by atoms with van der Waals surface area (Å²) in [4.78, 5) is 10.9. The summed E-state index contributed by atoms with van der Waals surface area (Å²) < 4.78 is 5.22. The third-order valence-corrected chi connectivity index (χ3v) is 2.35. The smallest absolute Gasteiger partial charge is 0.252 e. The van der Waals surface area contributed by atoms with Crippen LogP contribution in [-0.2, 0) is 0 Å².